The van der Waals surface area contributed by atoms with E-state index >= 15 is 4.39 Å². The Kier molecular flexibility index (Phi) is 7.69. The summed E-state index contributed by atoms with van der Waals surface area (Å²) < 4.78 is 77.7. The van der Waals surface area contributed by atoms with Crippen LogP contribution in [0.25, 0.3) is 11.0 Å². The molecule has 0 aliphatic heterocycles. The topological polar surface area (TPSA) is 114 Å². The van der Waals surface area contributed by atoms with E-state index in [2.05, 4.69) is 9.97 Å². The van der Waals surface area contributed by atoms with E-state index in [4.69, 9.17) is 0 Å². The highest BCUT2D eigenvalue weighted by Gasteiger charge is 2.25. The zero-order valence-electron chi connectivity index (χ0n) is 17.6. The van der Waals surface area contributed by atoms with E-state index in [0.717, 1.165) is 12.1 Å². The van der Waals surface area contributed by atoms with Crippen molar-refractivity contribution in [1.82, 2.24) is 9.97 Å². The molecular formula is C21H21F2N3O5S2. The van der Waals surface area contributed by atoms with E-state index in [-0.39, 0.29) is 30.0 Å². The standard InChI is InChI=1S/C21H21F2N3O5S2/c1-2-11-33(30,31)12-3-10-26(32(28)29)18-7-5-15(22)19(20(18)23)21(27)14-4-6-16-17(13-14)25-9-8-24-16/h4-9,13,32H,2-3,10-12H2,1H3. The predicted molar refractivity (Wildman–Crippen MR) is 121 cm³/mol. The molecule has 12 heteroatoms. The molecule has 33 heavy (non-hydrogen) atoms. The lowest BCUT2D eigenvalue weighted by atomic mass is 10.0. The van der Waals surface area contributed by atoms with Crippen LogP contribution >= 0.6 is 0 Å². The SMILES string of the molecule is CCCS(=O)(=O)CCCN(c1ccc(F)c(C(=O)c2ccc3nccnc3c2)c1F)[SH](=O)=O. The molecule has 2 aromatic carbocycles. The van der Waals surface area contributed by atoms with Crippen LogP contribution in [-0.4, -0.2) is 50.6 Å². The van der Waals surface area contributed by atoms with Crippen LogP contribution in [0.1, 0.15) is 35.7 Å². The Labute approximate surface area is 191 Å². The van der Waals surface area contributed by atoms with Crippen LogP contribution in [0.15, 0.2) is 42.7 Å². The van der Waals surface area contributed by atoms with Gasteiger partial charge in [-0.1, -0.05) is 6.92 Å². The van der Waals surface area contributed by atoms with Gasteiger partial charge < -0.3 is 0 Å². The second-order valence-corrected chi connectivity index (χ2v) is 10.5. The Hall–Kier alpha value is -2.99. The van der Waals surface area contributed by atoms with E-state index in [1.165, 1.54) is 30.6 Å². The number of hydrogen-bond acceptors (Lipinski definition) is 7. The molecule has 0 N–H and O–H groups in total. The third kappa shape index (κ3) is 5.69. The first-order valence-corrected chi connectivity index (χ1v) is 13.0. The smallest absolute Gasteiger partial charge is 0.225 e. The number of carbonyl (C=O) groups is 1. The fraction of sp³-hybridized carbons (Fsp3) is 0.286. The number of benzene rings is 2. The van der Waals surface area contributed by atoms with Gasteiger partial charge in [-0.2, -0.15) is 0 Å². The molecule has 0 spiro atoms. The van der Waals surface area contributed by atoms with Gasteiger partial charge in [-0.25, -0.2) is 25.6 Å². The summed E-state index contributed by atoms with van der Waals surface area (Å²) in [5, 5.41) is 0. The van der Waals surface area contributed by atoms with Gasteiger partial charge in [-0.3, -0.25) is 19.1 Å². The second-order valence-electron chi connectivity index (χ2n) is 7.21. The van der Waals surface area contributed by atoms with E-state index in [0.29, 0.717) is 21.8 Å². The lowest BCUT2D eigenvalue weighted by Gasteiger charge is -2.19. The van der Waals surface area contributed by atoms with E-state index in [9.17, 15) is 26.0 Å². The highest BCUT2D eigenvalue weighted by molar-refractivity contribution is 7.91. The van der Waals surface area contributed by atoms with Crippen LogP contribution in [0.2, 0.25) is 0 Å². The number of rotatable bonds is 10. The minimum absolute atomic E-state index is 0.0454. The summed E-state index contributed by atoms with van der Waals surface area (Å²) in [6.07, 6.45) is 3.19. The van der Waals surface area contributed by atoms with E-state index < -0.39 is 49.4 Å². The zero-order chi connectivity index (χ0) is 24.2. The first-order valence-electron chi connectivity index (χ1n) is 10.0. The summed E-state index contributed by atoms with van der Waals surface area (Å²) in [5.74, 6) is -3.84. The Morgan fingerprint density at radius 1 is 1.03 bits per heavy atom. The van der Waals surface area contributed by atoms with Crippen LogP contribution in [0.3, 0.4) is 0 Å². The molecule has 0 radical (unpaired) electrons. The summed E-state index contributed by atoms with van der Waals surface area (Å²) in [7, 11) is -6.75. The van der Waals surface area contributed by atoms with Crippen molar-refractivity contribution in [2.24, 2.45) is 0 Å². The lowest BCUT2D eigenvalue weighted by Crippen LogP contribution is -2.26. The van der Waals surface area contributed by atoms with Crippen molar-refractivity contribution < 1.29 is 30.4 Å². The number of nitrogens with zero attached hydrogens (tertiary/aromatic N) is 3. The van der Waals surface area contributed by atoms with Gasteiger partial charge in [0.25, 0.3) is 0 Å². The fourth-order valence-corrected chi connectivity index (χ4v) is 5.37. The zero-order valence-corrected chi connectivity index (χ0v) is 19.3. The molecule has 0 unspecified atom stereocenters. The number of hydrogen-bond donors (Lipinski definition) is 1. The molecule has 3 rings (SSSR count). The van der Waals surface area contributed by atoms with Crippen molar-refractivity contribution in [2.45, 2.75) is 19.8 Å². The van der Waals surface area contributed by atoms with Crippen molar-refractivity contribution in [2.75, 3.05) is 22.4 Å². The average Bonchev–Trinajstić information content (AvgIpc) is 2.76. The summed E-state index contributed by atoms with van der Waals surface area (Å²) in [4.78, 5) is 21.0. The maximum absolute atomic E-state index is 15.3. The highest BCUT2D eigenvalue weighted by atomic mass is 32.2. The maximum atomic E-state index is 15.3. The molecule has 176 valence electrons. The van der Waals surface area contributed by atoms with Crippen LogP contribution in [0, 0.1) is 11.6 Å². The first-order chi connectivity index (χ1) is 15.6. The number of fused-ring (bicyclic) bond motifs is 1. The molecule has 0 saturated carbocycles. The quantitative estimate of drug-likeness (QED) is 0.338. The summed E-state index contributed by atoms with van der Waals surface area (Å²) in [6.45, 7) is 1.36. The first kappa shape index (κ1) is 24.6. The van der Waals surface area contributed by atoms with E-state index in [1.807, 2.05) is 0 Å². The van der Waals surface area contributed by atoms with Gasteiger partial charge in [0.2, 0.25) is 10.9 Å². The molecule has 0 saturated heterocycles. The minimum atomic E-state index is -3.38. The van der Waals surface area contributed by atoms with E-state index in [1.54, 1.807) is 6.92 Å². The van der Waals surface area contributed by atoms with Gasteiger partial charge >= 0.3 is 0 Å². The van der Waals surface area contributed by atoms with Crippen LogP contribution < -0.4 is 4.31 Å². The molecule has 0 aliphatic carbocycles. The Morgan fingerprint density at radius 2 is 1.73 bits per heavy atom. The molecule has 0 amide bonds. The minimum Gasteiger partial charge on any atom is -0.288 e. The molecule has 0 bridgehead atoms. The second kappa shape index (κ2) is 10.3. The Bertz CT molecular complexity index is 1370. The van der Waals surface area contributed by atoms with Gasteiger partial charge in [0.15, 0.2) is 11.6 Å². The van der Waals surface area contributed by atoms with Gasteiger partial charge in [0, 0.05) is 30.3 Å². The monoisotopic (exact) mass is 497 g/mol. The molecular weight excluding hydrogens is 476 g/mol. The van der Waals surface area contributed by atoms with Crippen molar-refractivity contribution in [3.05, 3.63) is 65.5 Å². The number of sulfone groups is 1. The van der Waals surface area contributed by atoms with Crippen molar-refractivity contribution in [3.8, 4) is 0 Å². The van der Waals surface area contributed by atoms with Crippen LogP contribution in [0.5, 0.6) is 0 Å². The Morgan fingerprint density at radius 3 is 2.39 bits per heavy atom. The maximum Gasteiger partial charge on any atom is 0.225 e. The normalized spacial score (nSPS) is 11.8. The number of ketones is 1. The molecule has 0 fully saturated rings. The van der Waals surface area contributed by atoms with Crippen LogP contribution in [0.4, 0.5) is 14.5 Å². The van der Waals surface area contributed by atoms with Gasteiger partial charge in [-0.15, -0.1) is 0 Å². The number of aromatic nitrogens is 2. The highest BCUT2D eigenvalue weighted by Crippen LogP contribution is 2.28. The van der Waals surface area contributed by atoms with Crippen molar-refractivity contribution in [3.63, 3.8) is 0 Å². The number of thiol groups is 1. The summed E-state index contributed by atoms with van der Waals surface area (Å²) in [5.41, 5.74) is -0.684. The number of carbonyl (C=O) groups excluding carboxylic acids is 1. The van der Waals surface area contributed by atoms with Gasteiger partial charge in [0.05, 0.1) is 28.0 Å². The largest absolute Gasteiger partial charge is 0.288 e. The summed E-state index contributed by atoms with van der Waals surface area (Å²) in [6, 6.07) is 5.86. The molecule has 0 atom stereocenters. The molecule has 3 aromatic rings. The molecule has 0 aliphatic rings. The van der Waals surface area contributed by atoms with Gasteiger partial charge in [-0.05, 0) is 43.2 Å². The lowest BCUT2D eigenvalue weighted by molar-refractivity contribution is 0.103. The van der Waals surface area contributed by atoms with Crippen molar-refractivity contribution in [1.29, 1.82) is 0 Å². The Balaban J connectivity index is 1.94. The fourth-order valence-electron chi connectivity index (χ4n) is 3.34. The van der Waals surface area contributed by atoms with Gasteiger partial charge in [0.1, 0.15) is 15.7 Å². The summed E-state index contributed by atoms with van der Waals surface area (Å²) >= 11 is 0. The number of halogens is 2. The third-order valence-corrected chi connectivity index (χ3v) is 7.60. The average molecular weight is 498 g/mol. The molecule has 1 aromatic heterocycles. The third-order valence-electron chi connectivity index (χ3n) is 4.84. The van der Waals surface area contributed by atoms with Crippen LogP contribution in [-0.2, 0) is 20.7 Å². The van der Waals surface area contributed by atoms with Crippen molar-refractivity contribution >= 4 is 43.2 Å². The predicted octanol–water partition coefficient (Wildman–Crippen LogP) is 2.69. The number of anilines is 1. The molecule has 1 heterocycles. The molecule has 8 nitrogen and oxygen atoms in total.